The molecule has 3 N–H and O–H groups in total. The molecule has 2 saturated heterocycles. The molecule has 0 radical (unpaired) electrons. The fraction of sp³-hybridized carbons (Fsp3) is 1.00. The lowest BCUT2D eigenvalue weighted by Crippen LogP contribution is -2.24. The minimum Gasteiger partial charge on any atom is -0.394 e. The highest BCUT2D eigenvalue weighted by molar-refractivity contribution is 4.70. The summed E-state index contributed by atoms with van der Waals surface area (Å²) in [6.45, 7) is 15.3. The minimum absolute atomic E-state index is 0.0269. The van der Waals surface area contributed by atoms with E-state index in [-0.39, 0.29) is 31.0 Å². The van der Waals surface area contributed by atoms with E-state index in [1.807, 2.05) is 34.6 Å². The standard InChI is InChI=1S/C10H20O4.C6H12O3.C5H12O/c1-8(11)4-5-12-6-9-7-13-10(2,3)14-9;1-6(2)8-4-5(3-7)9-6;1-3-4-5(2)6/h8-9,11H,4-7H2,1-3H3;5,7H,3-4H2,1-2H3;5-6H,3-4H2,1-2H3/t8-,9-;2*5-/m111/s1. The zero-order valence-electron chi connectivity index (χ0n) is 19.3. The predicted octanol–water partition coefficient (Wildman–Crippen LogP) is 2.22. The van der Waals surface area contributed by atoms with Crippen molar-refractivity contribution in [1.82, 2.24) is 0 Å². The molecule has 0 bridgehead atoms. The van der Waals surface area contributed by atoms with E-state index < -0.39 is 11.6 Å². The Balaban J connectivity index is 0.000000448. The Kier molecular flexibility index (Phi) is 14.5. The van der Waals surface area contributed by atoms with Gasteiger partial charge in [0.15, 0.2) is 11.6 Å². The second kappa shape index (κ2) is 14.6. The molecule has 29 heavy (non-hydrogen) atoms. The van der Waals surface area contributed by atoms with Gasteiger partial charge in [-0.2, -0.15) is 0 Å². The molecule has 0 spiro atoms. The highest BCUT2D eigenvalue weighted by Gasteiger charge is 2.33. The van der Waals surface area contributed by atoms with Gasteiger partial charge >= 0.3 is 0 Å². The van der Waals surface area contributed by atoms with Gasteiger partial charge < -0.3 is 39.0 Å². The fourth-order valence-corrected chi connectivity index (χ4v) is 2.58. The van der Waals surface area contributed by atoms with Gasteiger partial charge in [-0.3, -0.25) is 0 Å². The number of ether oxygens (including phenoxy) is 5. The Morgan fingerprint density at radius 3 is 1.66 bits per heavy atom. The SMILES string of the molecule is CC1(C)OC[C@@H](CO)O1.CCC[C@@H](C)O.C[C@@H](O)CCOC[C@@H]1COC(C)(C)O1. The van der Waals surface area contributed by atoms with Crippen molar-refractivity contribution in [3.8, 4) is 0 Å². The van der Waals surface area contributed by atoms with Crippen LogP contribution in [-0.2, 0) is 23.7 Å². The van der Waals surface area contributed by atoms with Gasteiger partial charge in [0.2, 0.25) is 0 Å². The van der Waals surface area contributed by atoms with E-state index in [4.69, 9.17) is 39.0 Å². The molecule has 0 aromatic heterocycles. The minimum atomic E-state index is -0.493. The second-order valence-corrected chi connectivity index (χ2v) is 8.43. The molecule has 2 rings (SSSR count). The Hall–Kier alpha value is -0.320. The van der Waals surface area contributed by atoms with Crippen molar-refractivity contribution in [1.29, 1.82) is 0 Å². The molecule has 0 saturated carbocycles. The maximum Gasteiger partial charge on any atom is 0.163 e. The van der Waals surface area contributed by atoms with Crippen molar-refractivity contribution in [3.05, 3.63) is 0 Å². The molecule has 4 atom stereocenters. The zero-order valence-corrected chi connectivity index (χ0v) is 19.3. The maximum absolute atomic E-state index is 8.99. The first-order valence-electron chi connectivity index (χ1n) is 10.6. The molecule has 2 fully saturated rings. The van der Waals surface area contributed by atoms with Crippen molar-refractivity contribution in [2.45, 2.75) is 104 Å². The third-order valence-electron chi connectivity index (χ3n) is 4.03. The molecule has 0 unspecified atom stereocenters. The summed E-state index contributed by atoms with van der Waals surface area (Å²) in [7, 11) is 0. The first-order valence-corrected chi connectivity index (χ1v) is 10.6. The smallest absolute Gasteiger partial charge is 0.163 e. The van der Waals surface area contributed by atoms with E-state index >= 15 is 0 Å². The quantitative estimate of drug-likeness (QED) is 0.509. The number of aliphatic hydroxyl groups excluding tert-OH is 3. The van der Waals surface area contributed by atoms with Crippen molar-refractivity contribution in [2.75, 3.05) is 33.0 Å². The van der Waals surface area contributed by atoms with Crippen molar-refractivity contribution < 1.29 is 39.0 Å². The van der Waals surface area contributed by atoms with Gasteiger partial charge in [-0.1, -0.05) is 13.3 Å². The van der Waals surface area contributed by atoms with E-state index in [2.05, 4.69) is 6.92 Å². The van der Waals surface area contributed by atoms with Crippen LogP contribution in [0.15, 0.2) is 0 Å². The molecule has 0 aromatic rings. The van der Waals surface area contributed by atoms with Crippen LogP contribution in [0, 0.1) is 0 Å². The second-order valence-electron chi connectivity index (χ2n) is 8.43. The fourth-order valence-electron chi connectivity index (χ4n) is 2.58. The van der Waals surface area contributed by atoms with Crippen LogP contribution in [0.1, 0.15) is 67.7 Å². The topological polar surface area (TPSA) is 107 Å². The highest BCUT2D eigenvalue weighted by Crippen LogP contribution is 2.22. The zero-order chi connectivity index (χ0) is 22.5. The Morgan fingerprint density at radius 2 is 1.38 bits per heavy atom. The third-order valence-corrected chi connectivity index (χ3v) is 4.03. The average Bonchev–Trinajstić information content (AvgIpc) is 3.13. The molecule has 0 amide bonds. The third kappa shape index (κ3) is 16.1. The van der Waals surface area contributed by atoms with Crippen LogP contribution in [0.4, 0.5) is 0 Å². The molecular weight excluding hydrogens is 380 g/mol. The van der Waals surface area contributed by atoms with Crippen LogP contribution in [0.5, 0.6) is 0 Å². The van der Waals surface area contributed by atoms with Gasteiger partial charge in [0, 0.05) is 6.61 Å². The van der Waals surface area contributed by atoms with E-state index in [1.165, 1.54) is 0 Å². The monoisotopic (exact) mass is 424 g/mol. The summed E-state index contributed by atoms with van der Waals surface area (Å²) < 4.78 is 26.7. The lowest BCUT2D eigenvalue weighted by atomic mass is 10.2. The number of aliphatic hydroxyl groups is 3. The maximum atomic E-state index is 8.99. The summed E-state index contributed by atoms with van der Waals surface area (Å²) in [6.07, 6.45) is 2.18. The lowest BCUT2D eigenvalue weighted by molar-refractivity contribution is -0.145. The Labute approximate surface area is 176 Å². The van der Waals surface area contributed by atoms with Crippen LogP contribution < -0.4 is 0 Å². The predicted molar refractivity (Wildman–Crippen MR) is 111 cm³/mol. The molecule has 0 aliphatic carbocycles. The summed E-state index contributed by atoms with van der Waals surface area (Å²) in [5, 5.41) is 26.1. The van der Waals surface area contributed by atoms with Crippen molar-refractivity contribution >= 4 is 0 Å². The van der Waals surface area contributed by atoms with Crippen LogP contribution in [0.2, 0.25) is 0 Å². The molecule has 2 aliphatic rings. The summed E-state index contributed by atoms with van der Waals surface area (Å²) in [5.41, 5.74) is 0. The van der Waals surface area contributed by atoms with E-state index in [9.17, 15) is 0 Å². The molecule has 8 heteroatoms. The highest BCUT2D eigenvalue weighted by atomic mass is 16.8. The first kappa shape index (κ1) is 28.7. The van der Waals surface area contributed by atoms with E-state index in [0.717, 1.165) is 12.8 Å². The van der Waals surface area contributed by atoms with Crippen LogP contribution >= 0.6 is 0 Å². The van der Waals surface area contributed by atoms with Gasteiger partial charge in [-0.15, -0.1) is 0 Å². The number of hydrogen-bond donors (Lipinski definition) is 3. The van der Waals surface area contributed by atoms with Gasteiger partial charge in [-0.25, -0.2) is 0 Å². The Morgan fingerprint density at radius 1 is 0.897 bits per heavy atom. The average molecular weight is 425 g/mol. The van der Waals surface area contributed by atoms with Crippen molar-refractivity contribution in [2.24, 2.45) is 0 Å². The Bertz CT molecular complexity index is 398. The first-order chi connectivity index (χ1) is 13.4. The summed E-state index contributed by atoms with van der Waals surface area (Å²) in [5.74, 6) is -0.967. The van der Waals surface area contributed by atoms with Gasteiger partial charge in [-0.05, 0) is 54.4 Å². The molecule has 2 aliphatic heterocycles. The molecule has 2 heterocycles. The number of rotatable bonds is 8. The van der Waals surface area contributed by atoms with Crippen LogP contribution in [0.3, 0.4) is 0 Å². The number of hydrogen-bond acceptors (Lipinski definition) is 8. The summed E-state index contributed by atoms with van der Waals surface area (Å²) in [6, 6.07) is 0. The van der Waals surface area contributed by atoms with E-state index in [1.54, 1.807) is 6.92 Å². The summed E-state index contributed by atoms with van der Waals surface area (Å²) in [4.78, 5) is 0. The van der Waals surface area contributed by atoms with Gasteiger partial charge in [0.25, 0.3) is 0 Å². The van der Waals surface area contributed by atoms with Crippen LogP contribution in [-0.4, -0.2) is 84.3 Å². The van der Waals surface area contributed by atoms with Gasteiger partial charge in [0.05, 0.1) is 38.6 Å². The lowest BCUT2D eigenvalue weighted by Gasteiger charge is -2.17. The molecule has 176 valence electrons. The van der Waals surface area contributed by atoms with Crippen LogP contribution in [0.25, 0.3) is 0 Å². The van der Waals surface area contributed by atoms with Gasteiger partial charge in [0.1, 0.15) is 12.2 Å². The summed E-state index contributed by atoms with van der Waals surface area (Å²) >= 11 is 0. The normalized spacial score (nSPS) is 26.7. The molecular formula is C21H44O8. The largest absolute Gasteiger partial charge is 0.394 e. The van der Waals surface area contributed by atoms with E-state index in [0.29, 0.717) is 32.8 Å². The molecule has 0 aromatic carbocycles. The van der Waals surface area contributed by atoms with Crippen molar-refractivity contribution in [3.63, 3.8) is 0 Å². The molecule has 8 nitrogen and oxygen atoms in total.